The van der Waals surface area contributed by atoms with Gasteiger partial charge in [-0.15, -0.1) is 10.2 Å². The predicted molar refractivity (Wildman–Crippen MR) is 119 cm³/mol. The molecule has 154 valence electrons. The third kappa shape index (κ3) is 3.98. The number of anilines is 2. The number of hydrogen-bond acceptors (Lipinski definition) is 5. The summed E-state index contributed by atoms with van der Waals surface area (Å²) in [5.41, 5.74) is 6.08. The van der Waals surface area contributed by atoms with E-state index in [1.807, 2.05) is 56.0 Å². The number of rotatable bonds is 4. The van der Waals surface area contributed by atoms with Crippen LogP contribution in [0.25, 0.3) is 0 Å². The first kappa shape index (κ1) is 20.2. The fourth-order valence-electron chi connectivity index (χ4n) is 3.52. The summed E-state index contributed by atoms with van der Waals surface area (Å²) in [4.78, 5) is 26.9. The van der Waals surface area contributed by atoms with Gasteiger partial charge in [-0.2, -0.15) is 0 Å². The van der Waals surface area contributed by atoms with Crippen LogP contribution in [0.5, 0.6) is 0 Å². The molecule has 0 radical (unpaired) electrons. The lowest BCUT2D eigenvalue weighted by atomic mass is 10.1. The molecular formula is C23H24N4O2S. The Morgan fingerprint density at radius 3 is 2.40 bits per heavy atom. The van der Waals surface area contributed by atoms with E-state index in [2.05, 4.69) is 22.4 Å². The van der Waals surface area contributed by atoms with Gasteiger partial charge in [0.05, 0.1) is 0 Å². The van der Waals surface area contributed by atoms with E-state index in [0.29, 0.717) is 23.7 Å². The second-order valence-corrected chi connectivity index (χ2v) is 8.88. The molecule has 2 aromatic carbocycles. The maximum atomic E-state index is 12.6. The summed E-state index contributed by atoms with van der Waals surface area (Å²) in [7, 11) is 0. The topological polar surface area (TPSA) is 75.2 Å². The van der Waals surface area contributed by atoms with Crippen molar-refractivity contribution in [2.45, 2.75) is 40.0 Å². The highest BCUT2D eigenvalue weighted by atomic mass is 32.1. The Hall–Kier alpha value is -3.06. The Morgan fingerprint density at radius 2 is 1.70 bits per heavy atom. The Labute approximate surface area is 180 Å². The molecule has 1 aliphatic heterocycles. The summed E-state index contributed by atoms with van der Waals surface area (Å²) < 4.78 is 0. The van der Waals surface area contributed by atoms with Crippen LogP contribution < -0.4 is 10.2 Å². The molecule has 6 nitrogen and oxygen atoms in total. The van der Waals surface area contributed by atoms with Crippen LogP contribution in [0.4, 0.5) is 10.8 Å². The molecule has 1 N–H and O–H groups in total. The van der Waals surface area contributed by atoms with Gasteiger partial charge in [-0.1, -0.05) is 23.5 Å². The zero-order chi connectivity index (χ0) is 21.4. The van der Waals surface area contributed by atoms with Crippen molar-refractivity contribution in [1.29, 1.82) is 0 Å². The van der Waals surface area contributed by atoms with E-state index in [1.165, 1.54) is 16.9 Å². The molecule has 0 unspecified atom stereocenters. The summed E-state index contributed by atoms with van der Waals surface area (Å²) in [6, 6.07) is 11.7. The van der Waals surface area contributed by atoms with Crippen LogP contribution in [-0.4, -0.2) is 28.6 Å². The number of nitrogens with zero attached hydrogens (tertiary/aromatic N) is 3. The Bertz CT molecular complexity index is 1140. The number of carbonyl (C=O) groups is 2. The van der Waals surface area contributed by atoms with Gasteiger partial charge in [0.25, 0.3) is 5.91 Å². The van der Waals surface area contributed by atoms with Crippen LogP contribution in [0.15, 0.2) is 36.4 Å². The van der Waals surface area contributed by atoms with Crippen molar-refractivity contribution >= 4 is 34.0 Å². The molecule has 2 amide bonds. The van der Waals surface area contributed by atoms with E-state index in [9.17, 15) is 9.59 Å². The van der Waals surface area contributed by atoms with Gasteiger partial charge in [-0.3, -0.25) is 14.9 Å². The monoisotopic (exact) mass is 420 g/mol. The molecule has 0 spiro atoms. The summed E-state index contributed by atoms with van der Waals surface area (Å²) in [6.45, 7) is 8.67. The van der Waals surface area contributed by atoms with Gasteiger partial charge in [-0.25, -0.2) is 0 Å². The number of amides is 2. The number of carbonyl (C=O) groups excluding carboxylic acids is 2. The Balaban J connectivity index is 1.46. The van der Waals surface area contributed by atoms with Crippen LogP contribution in [0.3, 0.4) is 0 Å². The molecule has 1 aliphatic rings. The normalized spacial score (nSPS) is 16.2. The zero-order valence-electron chi connectivity index (χ0n) is 17.5. The van der Waals surface area contributed by atoms with Crippen molar-refractivity contribution in [3.8, 4) is 0 Å². The average molecular weight is 421 g/mol. The van der Waals surface area contributed by atoms with Gasteiger partial charge in [0.15, 0.2) is 0 Å². The average Bonchev–Trinajstić information content (AvgIpc) is 3.32. The molecule has 0 aliphatic carbocycles. The molecule has 3 aromatic rings. The highest BCUT2D eigenvalue weighted by Crippen LogP contribution is 2.34. The molecule has 1 aromatic heterocycles. The maximum absolute atomic E-state index is 12.6. The second kappa shape index (κ2) is 7.99. The smallest absolute Gasteiger partial charge is 0.257 e. The zero-order valence-corrected chi connectivity index (χ0v) is 18.3. The molecule has 1 atom stereocenters. The highest BCUT2D eigenvalue weighted by Gasteiger charge is 2.34. The summed E-state index contributed by atoms with van der Waals surface area (Å²) in [5.74, 6) is -0.150. The van der Waals surface area contributed by atoms with E-state index < -0.39 is 0 Å². The lowest BCUT2D eigenvalue weighted by molar-refractivity contribution is -0.117. The summed E-state index contributed by atoms with van der Waals surface area (Å²) >= 11 is 1.33. The number of nitrogens with one attached hydrogen (secondary N) is 1. The van der Waals surface area contributed by atoms with Crippen LogP contribution in [0, 0.1) is 27.7 Å². The molecule has 4 rings (SSSR count). The van der Waals surface area contributed by atoms with Crippen molar-refractivity contribution in [2.75, 3.05) is 16.8 Å². The van der Waals surface area contributed by atoms with Gasteiger partial charge in [0.2, 0.25) is 11.0 Å². The minimum Gasteiger partial charge on any atom is -0.312 e. The van der Waals surface area contributed by atoms with E-state index in [0.717, 1.165) is 27.4 Å². The minimum atomic E-state index is -0.208. The standard InChI is InChI=1S/C23H24N4O2S/c1-13-5-7-17(9-15(13)3)21(29)24-23-26-25-22(30-23)18-11-20(28)27(12-18)19-8-6-14(2)16(4)10-19/h5-10,18H,11-12H2,1-4H3,(H,24,26,29)/t18-/m1/s1. The summed E-state index contributed by atoms with van der Waals surface area (Å²) in [5, 5.41) is 12.4. The van der Waals surface area contributed by atoms with Gasteiger partial charge in [0, 0.05) is 30.1 Å². The third-order valence-corrected chi connectivity index (χ3v) is 6.71. The quantitative estimate of drug-likeness (QED) is 0.672. The molecule has 7 heteroatoms. The molecule has 0 saturated carbocycles. The van der Waals surface area contributed by atoms with E-state index >= 15 is 0 Å². The Morgan fingerprint density at radius 1 is 1.00 bits per heavy atom. The van der Waals surface area contributed by atoms with Crippen molar-refractivity contribution in [3.63, 3.8) is 0 Å². The number of aromatic nitrogens is 2. The van der Waals surface area contributed by atoms with E-state index in [1.54, 1.807) is 6.07 Å². The SMILES string of the molecule is Cc1ccc(C(=O)Nc2nnc([C@@H]3CC(=O)N(c4ccc(C)c(C)c4)C3)s2)cc1C. The Kier molecular flexibility index (Phi) is 5.39. The molecular weight excluding hydrogens is 396 g/mol. The maximum Gasteiger partial charge on any atom is 0.257 e. The first-order valence-electron chi connectivity index (χ1n) is 9.91. The van der Waals surface area contributed by atoms with Gasteiger partial charge < -0.3 is 4.90 Å². The number of aryl methyl sites for hydroxylation is 4. The van der Waals surface area contributed by atoms with Crippen molar-refractivity contribution in [2.24, 2.45) is 0 Å². The number of benzene rings is 2. The molecule has 2 heterocycles. The van der Waals surface area contributed by atoms with Crippen LogP contribution in [-0.2, 0) is 4.79 Å². The van der Waals surface area contributed by atoms with Crippen molar-refractivity contribution in [1.82, 2.24) is 10.2 Å². The fourth-order valence-corrected chi connectivity index (χ4v) is 4.35. The van der Waals surface area contributed by atoms with E-state index in [-0.39, 0.29) is 17.7 Å². The van der Waals surface area contributed by atoms with Crippen molar-refractivity contribution in [3.05, 3.63) is 69.2 Å². The van der Waals surface area contributed by atoms with Crippen molar-refractivity contribution < 1.29 is 9.59 Å². The van der Waals surface area contributed by atoms with Crippen LogP contribution in [0.2, 0.25) is 0 Å². The summed E-state index contributed by atoms with van der Waals surface area (Å²) in [6.07, 6.45) is 0.395. The second-order valence-electron chi connectivity index (χ2n) is 7.87. The fraction of sp³-hybridized carbons (Fsp3) is 0.304. The molecule has 30 heavy (non-hydrogen) atoms. The largest absolute Gasteiger partial charge is 0.312 e. The van der Waals surface area contributed by atoms with Gasteiger partial charge in [0.1, 0.15) is 5.01 Å². The van der Waals surface area contributed by atoms with Crippen LogP contribution in [0.1, 0.15) is 50.0 Å². The van der Waals surface area contributed by atoms with Gasteiger partial charge in [-0.05, 0) is 74.2 Å². The molecule has 0 bridgehead atoms. The first-order chi connectivity index (χ1) is 14.3. The highest BCUT2D eigenvalue weighted by molar-refractivity contribution is 7.15. The van der Waals surface area contributed by atoms with Gasteiger partial charge >= 0.3 is 0 Å². The number of hydrogen-bond donors (Lipinski definition) is 1. The third-order valence-electron chi connectivity index (χ3n) is 5.71. The lowest BCUT2D eigenvalue weighted by Gasteiger charge is -2.17. The predicted octanol–water partition coefficient (Wildman–Crippen LogP) is 4.54. The van der Waals surface area contributed by atoms with Crippen LogP contribution >= 0.6 is 11.3 Å². The molecule has 1 fully saturated rings. The lowest BCUT2D eigenvalue weighted by Crippen LogP contribution is -2.24. The minimum absolute atomic E-state index is 0.0242. The first-order valence-corrected chi connectivity index (χ1v) is 10.7. The van der Waals surface area contributed by atoms with E-state index in [4.69, 9.17) is 0 Å². The molecule has 1 saturated heterocycles.